The highest BCUT2D eigenvalue weighted by Gasteiger charge is 2.20. The van der Waals surface area contributed by atoms with Crippen molar-refractivity contribution in [1.82, 2.24) is 4.98 Å². The van der Waals surface area contributed by atoms with E-state index < -0.39 is 15.4 Å². The maximum Gasteiger partial charge on any atom is 0.266 e. The Labute approximate surface area is 114 Å². The number of aromatic amines is 1. The molecule has 1 aliphatic carbocycles. The maximum atomic E-state index is 12.1. The van der Waals surface area contributed by atoms with Crippen molar-refractivity contribution in [2.45, 2.75) is 56.8 Å². The van der Waals surface area contributed by atoms with Crippen molar-refractivity contribution in [2.75, 3.05) is 5.75 Å². The number of aryl methyl sites for hydroxylation is 2. The predicted molar refractivity (Wildman–Crippen MR) is 75.3 cm³/mol. The van der Waals surface area contributed by atoms with Crippen molar-refractivity contribution in [3.63, 3.8) is 0 Å². The molecule has 0 amide bonds. The summed E-state index contributed by atoms with van der Waals surface area (Å²) in [7, 11) is -3.44. The molecule has 0 unspecified atom stereocenters. The van der Waals surface area contributed by atoms with Crippen LogP contribution >= 0.6 is 0 Å². The summed E-state index contributed by atoms with van der Waals surface area (Å²) >= 11 is 0. The summed E-state index contributed by atoms with van der Waals surface area (Å²) in [5.74, 6) is 0.0366. The van der Waals surface area contributed by atoms with Gasteiger partial charge in [0, 0.05) is 5.69 Å². The number of hydrogen-bond donors (Lipinski definition) is 1. The lowest BCUT2D eigenvalue weighted by Gasteiger charge is -2.14. The molecule has 0 saturated heterocycles. The van der Waals surface area contributed by atoms with Gasteiger partial charge >= 0.3 is 0 Å². The fourth-order valence-corrected chi connectivity index (χ4v) is 4.03. The molecule has 0 atom stereocenters. The Bertz CT molecular complexity index is 602. The first-order valence-electron chi connectivity index (χ1n) is 7.02. The second kappa shape index (κ2) is 5.90. The Morgan fingerprint density at radius 3 is 2.53 bits per heavy atom. The molecule has 0 saturated carbocycles. The minimum atomic E-state index is -3.44. The fraction of sp³-hybridized carbons (Fsp3) is 0.643. The van der Waals surface area contributed by atoms with Crippen LogP contribution in [0.25, 0.3) is 0 Å². The molecule has 0 radical (unpaired) electrons. The molecule has 1 N–H and O–H groups in total. The summed E-state index contributed by atoms with van der Waals surface area (Å²) in [5, 5.41) is 0. The SMILES string of the molecule is CCCS(=O)(=O)c1cc2c([nH]c1=O)CCCCCC2. The van der Waals surface area contributed by atoms with Gasteiger partial charge in [-0.25, -0.2) is 8.42 Å². The van der Waals surface area contributed by atoms with E-state index in [0.29, 0.717) is 6.42 Å². The third-order valence-corrected chi connectivity index (χ3v) is 5.53. The Morgan fingerprint density at radius 1 is 1.16 bits per heavy atom. The smallest absolute Gasteiger partial charge is 0.266 e. The Balaban J connectivity index is 2.47. The molecule has 0 bridgehead atoms. The Kier molecular flexibility index (Phi) is 4.45. The third-order valence-electron chi connectivity index (χ3n) is 3.61. The monoisotopic (exact) mass is 283 g/mol. The van der Waals surface area contributed by atoms with Gasteiger partial charge in [-0.3, -0.25) is 4.79 Å². The van der Waals surface area contributed by atoms with Gasteiger partial charge in [-0.15, -0.1) is 0 Å². The van der Waals surface area contributed by atoms with Crippen LogP contribution in [-0.4, -0.2) is 19.2 Å². The van der Waals surface area contributed by atoms with Gasteiger partial charge in [0.05, 0.1) is 5.75 Å². The minimum absolute atomic E-state index is 0.0366. The lowest BCUT2D eigenvalue weighted by molar-refractivity contribution is 0.588. The summed E-state index contributed by atoms with van der Waals surface area (Å²) in [6, 6.07) is 1.62. The normalized spacial score (nSPS) is 16.5. The number of sulfone groups is 1. The van der Waals surface area contributed by atoms with Gasteiger partial charge in [-0.1, -0.05) is 19.8 Å². The molecule has 2 rings (SSSR count). The van der Waals surface area contributed by atoms with Crippen LogP contribution in [-0.2, 0) is 22.7 Å². The van der Waals surface area contributed by atoms with E-state index in [0.717, 1.165) is 36.9 Å². The molecular weight excluding hydrogens is 262 g/mol. The van der Waals surface area contributed by atoms with Crippen molar-refractivity contribution in [2.24, 2.45) is 0 Å². The second-order valence-corrected chi connectivity index (χ2v) is 7.28. The van der Waals surface area contributed by atoms with E-state index >= 15 is 0 Å². The van der Waals surface area contributed by atoms with Crippen molar-refractivity contribution in [3.8, 4) is 0 Å². The van der Waals surface area contributed by atoms with Crippen LogP contribution in [0, 0.1) is 0 Å². The molecule has 0 aromatic carbocycles. The van der Waals surface area contributed by atoms with E-state index in [-0.39, 0.29) is 10.6 Å². The van der Waals surface area contributed by atoms with Gasteiger partial charge < -0.3 is 4.98 Å². The van der Waals surface area contributed by atoms with E-state index in [1.807, 2.05) is 0 Å². The van der Waals surface area contributed by atoms with E-state index in [2.05, 4.69) is 4.98 Å². The molecule has 0 spiro atoms. The first kappa shape index (κ1) is 14.3. The Morgan fingerprint density at radius 2 is 1.84 bits per heavy atom. The predicted octanol–water partition coefficient (Wildman–Crippen LogP) is 2.22. The molecule has 0 aliphatic heterocycles. The lowest BCUT2D eigenvalue weighted by Crippen LogP contribution is -2.22. The van der Waals surface area contributed by atoms with Crippen LogP contribution in [0.15, 0.2) is 15.8 Å². The van der Waals surface area contributed by atoms with E-state index in [1.165, 1.54) is 12.8 Å². The minimum Gasteiger partial charge on any atom is -0.325 e. The number of pyridine rings is 1. The van der Waals surface area contributed by atoms with Gasteiger partial charge in [0.2, 0.25) is 0 Å². The number of nitrogens with one attached hydrogen (secondary N) is 1. The average Bonchev–Trinajstić information content (AvgIpc) is 2.30. The van der Waals surface area contributed by atoms with Gasteiger partial charge in [0.1, 0.15) is 4.90 Å². The zero-order chi connectivity index (χ0) is 13.9. The third kappa shape index (κ3) is 3.26. The second-order valence-electron chi connectivity index (χ2n) is 5.20. The number of fused-ring (bicyclic) bond motifs is 1. The van der Waals surface area contributed by atoms with Crippen molar-refractivity contribution >= 4 is 9.84 Å². The van der Waals surface area contributed by atoms with Crippen LogP contribution in [0.5, 0.6) is 0 Å². The highest BCUT2D eigenvalue weighted by molar-refractivity contribution is 7.91. The van der Waals surface area contributed by atoms with Crippen molar-refractivity contribution in [1.29, 1.82) is 0 Å². The number of rotatable bonds is 3. The van der Waals surface area contributed by atoms with Gasteiger partial charge in [-0.2, -0.15) is 0 Å². The van der Waals surface area contributed by atoms with E-state index in [9.17, 15) is 13.2 Å². The lowest BCUT2D eigenvalue weighted by atomic mass is 9.97. The fourth-order valence-electron chi connectivity index (χ4n) is 2.62. The molecule has 1 heterocycles. The molecule has 1 aromatic rings. The average molecular weight is 283 g/mol. The van der Waals surface area contributed by atoms with Crippen molar-refractivity contribution < 1.29 is 8.42 Å². The number of hydrogen-bond acceptors (Lipinski definition) is 3. The van der Waals surface area contributed by atoms with Crippen LogP contribution in [0.3, 0.4) is 0 Å². The molecule has 4 nitrogen and oxygen atoms in total. The van der Waals surface area contributed by atoms with Crippen LogP contribution in [0.4, 0.5) is 0 Å². The van der Waals surface area contributed by atoms with Gasteiger partial charge in [-0.05, 0) is 43.7 Å². The molecule has 106 valence electrons. The summed E-state index contributed by atoms with van der Waals surface area (Å²) in [6.07, 6.45) is 6.71. The van der Waals surface area contributed by atoms with E-state index in [4.69, 9.17) is 0 Å². The standard InChI is InChI=1S/C14H21NO3S/c1-2-9-19(17,18)13-10-11-7-5-3-4-6-8-12(11)15-14(13)16/h10H,2-9H2,1H3,(H,15,16). The summed E-state index contributed by atoms with van der Waals surface area (Å²) in [6.45, 7) is 1.80. The largest absolute Gasteiger partial charge is 0.325 e. The first-order valence-corrected chi connectivity index (χ1v) is 8.67. The topological polar surface area (TPSA) is 67.0 Å². The first-order chi connectivity index (χ1) is 9.04. The number of H-pyrrole nitrogens is 1. The molecular formula is C14H21NO3S. The maximum absolute atomic E-state index is 12.1. The van der Waals surface area contributed by atoms with Crippen LogP contribution in [0.1, 0.15) is 50.3 Å². The van der Waals surface area contributed by atoms with Crippen LogP contribution < -0.4 is 5.56 Å². The summed E-state index contributed by atoms with van der Waals surface area (Å²) in [4.78, 5) is 14.7. The summed E-state index contributed by atoms with van der Waals surface area (Å²) in [5.41, 5.74) is 1.49. The molecule has 0 fully saturated rings. The van der Waals surface area contributed by atoms with Gasteiger partial charge in [0.25, 0.3) is 5.56 Å². The number of aromatic nitrogens is 1. The quantitative estimate of drug-likeness (QED) is 0.925. The summed E-state index contributed by atoms with van der Waals surface area (Å²) < 4.78 is 24.1. The van der Waals surface area contributed by atoms with Gasteiger partial charge in [0.15, 0.2) is 9.84 Å². The van der Waals surface area contributed by atoms with E-state index in [1.54, 1.807) is 13.0 Å². The molecule has 1 aliphatic rings. The molecule has 1 aromatic heterocycles. The highest BCUT2D eigenvalue weighted by Crippen LogP contribution is 2.20. The highest BCUT2D eigenvalue weighted by atomic mass is 32.2. The van der Waals surface area contributed by atoms with Crippen LogP contribution in [0.2, 0.25) is 0 Å². The molecule has 19 heavy (non-hydrogen) atoms. The zero-order valence-electron chi connectivity index (χ0n) is 11.4. The zero-order valence-corrected chi connectivity index (χ0v) is 12.2. The van der Waals surface area contributed by atoms with Crippen molar-refractivity contribution in [3.05, 3.63) is 27.7 Å². The molecule has 5 heteroatoms. The Hall–Kier alpha value is -1.10.